The Labute approximate surface area is 103 Å². The van der Waals surface area contributed by atoms with Crippen molar-refractivity contribution >= 4 is 11.8 Å². The highest BCUT2D eigenvalue weighted by Crippen LogP contribution is 2.16. The van der Waals surface area contributed by atoms with E-state index in [0.29, 0.717) is 0 Å². The Balaban J connectivity index is 2.27. The van der Waals surface area contributed by atoms with Gasteiger partial charge in [0.05, 0.1) is 6.61 Å². The second-order valence-electron chi connectivity index (χ2n) is 3.76. The fourth-order valence-corrected chi connectivity index (χ4v) is 1.97. The summed E-state index contributed by atoms with van der Waals surface area (Å²) in [7, 11) is 0. The number of rotatable bonds is 7. The van der Waals surface area contributed by atoms with E-state index in [0.717, 1.165) is 24.3 Å². The van der Waals surface area contributed by atoms with Gasteiger partial charge in [0.15, 0.2) is 0 Å². The van der Waals surface area contributed by atoms with Crippen LogP contribution in [0, 0.1) is 0 Å². The van der Waals surface area contributed by atoms with Crippen LogP contribution >= 0.6 is 11.8 Å². The Bertz CT molecular complexity index is 284. The van der Waals surface area contributed by atoms with E-state index in [4.69, 9.17) is 10.5 Å². The third kappa shape index (κ3) is 4.90. The molecule has 0 heterocycles. The molecule has 0 aliphatic carbocycles. The van der Waals surface area contributed by atoms with Gasteiger partial charge in [-0.2, -0.15) is 11.8 Å². The number of benzene rings is 1. The van der Waals surface area contributed by atoms with E-state index in [-0.39, 0.29) is 6.04 Å². The Morgan fingerprint density at radius 1 is 1.31 bits per heavy atom. The standard InChI is InChI=1S/C13H21NOS/c1-3-16-10-4-9-15-13-7-5-12(6-8-13)11(2)14/h5-8,11H,3-4,9-10,14H2,1-2H3/t11-/m0/s1. The van der Waals surface area contributed by atoms with Gasteiger partial charge in [-0.05, 0) is 42.5 Å². The molecule has 2 nitrogen and oxygen atoms in total. The summed E-state index contributed by atoms with van der Waals surface area (Å²) in [6.07, 6.45) is 1.10. The molecule has 0 saturated heterocycles. The molecule has 90 valence electrons. The lowest BCUT2D eigenvalue weighted by atomic mass is 10.1. The maximum absolute atomic E-state index is 5.78. The predicted molar refractivity (Wildman–Crippen MR) is 72.2 cm³/mol. The Kier molecular flexibility index (Phi) is 6.34. The van der Waals surface area contributed by atoms with E-state index in [1.165, 1.54) is 11.5 Å². The molecule has 0 radical (unpaired) electrons. The van der Waals surface area contributed by atoms with Gasteiger partial charge in [0.25, 0.3) is 0 Å². The van der Waals surface area contributed by atoms with Gasteiger partial charge < -0.3 is 10.5 Å². The topological polar surface area (TPSA) is 35.2 Å². The molecule has 0 aliphatic heterocycles. The summed E-state index contributed by atoms with van der Waals surface area (Å²) in [5.41, 5.74) is 6.92. The fraction of sp³-hybridized carbons (Fsp3) is 0.538. The van der Waals surface area contributed by atoms with E-state index < -0.39 is 0 Å². The van der Waals surface area contributed by atoms with Gasteiger partial charge >= 0.3 is 0 Å². The number of hydrogen-bond acceptors (Lipinski definition) is 3. The van der Waals surface area contributed by atoms with E-state index in [1.807, 2.05) is 43.0 Å². The van der Waals surface area contributed by atoms with Gasteiger partial charge in [-0.15, -0.1) is 0 Å². The van der Waals surface area contributed by atoms with Crippen LogP contribution in [0.25, 0.3) is 0 Å². The molecule has 0 amide bonds. The molecule has 0 aromatic heterocycles. The normalized spacial score (nSPS) is 12.4. The lowest BCUT2D eigenvalue weighted by Crippen LogP contribution is -2.04. The van der Waals surface area contributed by atoms with Crippen molar-refractivity contribution in [3.8, 4) is 5.75 Å². The van der Waals surface area contributed by atoms with Gasteiger partial charge in [-0.25, -0.2) is 0 Å². The molecule has 1 aromatic rings. The molecule has 1 aromatic carbocycles. The van der Waals surface area contributed by atoms with Crippen LogP contribution < -0.4 is 10.5 Å². The van der Waals surface area contributed by atoms with Crippen molar-refractivity contribution < 1.29 is 4.74 Å². The number of thioether (sulfide) groups is 1. The first kappa shape index (κ1) is 13.4. The quantitative estimate of drug-likeness (QED) is 0.742. The van der Waals surface area contributed by atoms with Crippen LogP contribution in [0.1, 0.15) is 31.9 Å². The van der Waals surface area contributed by atoms with E-state index >= 15 is 0 Å². The molecule has 1 rings (SSSR count). The largest absolute Gasteiger partial charge is 0.494 e. The Morgan fingerprint density at radius 3 is 2.56 bits per heavy atom. The van der Waals surface area contributed by atoms with E-state index in [1.54, 1.807) is 0 Å². The SMILES string of the molecule is CCSCCCOc1ccc([C@H](C)N)cc1. The van der Waals surface area contributed by atoms with Crippen LogP contribution in [0.3, 0.4) is 0 Å². The molecule has 1 atom stereocenters. The second-order valence-corrected chi connectivity index (χ2v) is 5.15. The molecule has 0 fully saturated rings. The average molecular weight is 239 g/mol. The van der Waals surface area contributed by atoms with Crippen LogP contribution in [0.4, 0.5) is 0 Å². The van der Waals surface area contributed by atoms with Crippen molar-refractivity contribution in [3.63, 3.8) is 0 Å². The van der Waals surface area contributed by atoms with Crippen molar-refractivity contribution in [1.82, 2.24) is 0 Å². The molecular weight excluding hydrogens is 218 g/mol. The van der Waals surface area contributed by atoms with Gasteiger partial charge in [0.1, 0.15) is 5.75 Å². The van der Waals surface area contributed by atoms with Crippen LogP contribution in [0.5, 0.6) is 5.75 Å². The minimum absolute atomic E-state index is 0.0926. The van der Waals surface area contributed by atoms with Crippen LogP contribution in [-0.4, -0.2) is 18.1 Å². The molecule has 0 bridgehead atoms. The first-order valence-electron chi connectivity index (χ1n) is 5.80. The van der Waals surface area contributed by atoms with Crippen molar-refractivity contribution in [1.29, 1.82) is 0 Å². The molecule has 0 spiro atoms. The predicted octanol–water partition coefficient (Wildman–Crippen LogP) is 3.23. The van der Waals surface area contributed by atoms with Crippen LogP contribution in [-0.2, 0) is 0 Å². The molecule has 16 heavy (non-hydrogen) atoms. The summed E-state index contributed by atoms with van der Waals surface area (Å²) in [6, 6.07) is 8.13. The zero-order valence-corrected chi connectivity index (χ0v) is 10.9. The highest BCUT2D eigenvalue weighted by atomic mass is 32.2. The average Bonchev–Trinajstić information content (AvgIpc) is 2.29. The maximum atomic E-state index is 5.78. The van der Waals surface area contributed by atoms with Crippen molar-refractivity contribution in [2.75, 3.05) is 18.1 Å². The fourth-order valence-electron chi connectivity index (χ4n) is 1.36. The summed E-state index contributed by atoms with van der Waals surface area (Å²) in [6.45, 7) is 4.96. The molecule has 0 unspecified atom stereocenters. The summed E-state index contributed by atoms with van der Waals surface area (Å²) < 4.78 is 5.63. The monoisotopic (exact) mass is 239 g/mol. The summed E-state index contributed by atoms with van der Waals surface area (Å²) >= 11 is 1.95. The lowest BCUT2D eigenvalue weighted by molar-refractivity contribution is 0.318. The molecule has 2 N–H and O–H groups in total. The lowest BCUT2D eigenvalue weighted by Gasteiger charge is -2.08. The maximum Gasteiger partial charge on any atom is 0.119 e. The second kappa shape index (κ2) is 7.58. The van der Waals surface area contributed by atoms with E-state index in [9.17, 15) is 0 Å². The molecule has 3 heteroatoms. The number of ether oxygens (including phenoxy) is 1. The van der Waals surface area contributed by atoms with Crippen molar-refractivity contribution in [2.24, 2.45) is 5.73 Å². The third-order valence-electron chi connectivity index (χ3n) is 2.31. The molecule has 0 aliphatic rings. The zero-order valence-electron chi connectivity index (χ0n) is 10.1. The third-order valence-corrected chi connectivity index (χ3v) is 3.30. The van der Waals surface area contributed by atoms with Gasteiger partial charge in [0, 0.05) is 6.04 Å². The number of hydrogen-bond donors (Lipinski definition) is 1. The van der Waals surface area contributed by atoms with Gasteiger partial charge in [-0.1, -0.05) is 19.1 Å². The summed E-state index contributed by atoms with van der Waals surface area (Å²) in [5, 5.41) is 0. The van der Waals surface area contributed by atoms with Gasteiger partial charge in [0.2, 0.25) is 0 Å². The Hall–Kier alpha value is -0.670. The van der Waals surface area contributed by atoms with Crippen molar-refractivity contribution in [2.45, 2.75) is 26.3 Å². The molecular formula is C13H21NOS. The minimum atomic E-state index is 0.0926. The van der Waals surface area contributed by atoms with E-state index in [2.05, 4.69) is 6.92 Å². The van der Waals surface area contributed by atoms with Crippen LogP contribution in [0.15, 0.2) is 24.3 Å². The first-order valence-corrected chi connectivity index (χ1v) is 6.95. The molecule has 0 saturated carbocycles. The smallest absolute Gasteiger partial charge is 0.119 e. The summed E-state index contributed by atoms with van der Waals surface area (Å²) in [5.74, 6) is 3.29. The Morgan fingerprint density at radius 2 is 2.00 bits per heavy atom. The zero-order chi connectivity index (χ0) is 11.8. The van der Waals surface area contributed by atoms with Crippen LogP contribution in [0.2, 0.25) is 0 Å². The minimum Gasteiger partial charge on any atom is -0.494 e. The van der Waals surface area contributed by atoms with Gasteiger partial charge in [-0.3, -0.25) is 0 Å². The first-order chi connectivity index (χ1) is 7.74. The highest BCUT2D eigenvalue weighted by Gasteiger charge is 1.99. The number of nitrogens with two attached hydrogens (primary N) is 1. The summed E-state index contributed by atoms with van der Waals surface area (Å²) in [4.78, 5) is 0. The highest BCUT2D eigenvalue weighted by molar-refractivity contribution is 7.99. The van der Waals surface area contributed by atoms with Crippen molar-refractivity contribution in [3.05, 3.63) is 29.8 Å².